The minimum Gasteiger partial charge on any atom is -0.463 e. The van der Waals surface area contributed by atoms with Crippen LogP contribution in [-0.4, -0.2) is 5.11 Å². The Hall–Kier alpha value is -1.54. The summed E-state index contributed by atoms with van der Waals surface area (Å²) in [5.41, 5.74) is 2.00. The van der Waals surface area contributed by atoms with Crippen LogP contribution in [-0.2, 0) is 0 Å². The van der Waals surface area contributed by atoms with Gasteiger partial charge >= 0.3 is 0 Å². The molecule has 94 valence electrons. The number of hydrogen-bond donors (Lipinski definition) is 1. The Labute approximate surface area is 107 Å². The average Bonchev–Trinajstić information content (AvgIpc) is 2.92. The lowest BCUT2D eigenvalue weighted by Gasteiger charge is -2.11. The number of aryl methyl sites for hydroxylation is 1. The van der Waals surface area contributed by atoms with Crippen LogP contribution in [0.3, 0.4) is 0 Å². The van der Waals surface area contributed by atoms with Crippen molar-refractivity contribution in [2.45, 2.75) is 32.3 Å². The number of hydrogen-bond acceptors (Lipinski definition) is 2. The number of aliphatic hydroxyl groups is 1. The van der Waals surface area contributed by atoms with E-state index in [4.69, 9.17) is 4.42 Å². The SMILES string of the molecule is Cc1ccccc1C(O)c1ccc(C2CC2C)o1. The number of rotatable bonds is 3. The summed E-state index contributed by atoms with van der Waals surface area (Å²) in [6, 6.07) is 11.8. The van der Waals surface area contributed by atoms with Crippen LogP contribution < -0.4 is 0 Å². The highest BCUT2D eigenvalue weighted by Gasteiger charge is 2.37. The van der Waals surface area contributed by atoms with Gasteiger partial charge in [0.1, 0.15) is 17.6 Å². The molecule has 0 saturated heterocycles. The fourth-order valence-electron chi connectivity index (χ4n) is 2.48. The first-order chi connectivity index (χ1) is 8.66. The summed E-state index contributed by atoms with van der Waals surface area (Å²) in [7, 11) is 0. The van der Waals surface area contributed by atoms with Gasteiger partial charge in [-0.2, -0.15) is 0 Å². The molecular formula is C16H18O2. The van der Waals surface area contributed by atoms with Gasteiger partial charge in [-0.05, 0) is 42.5 Å². The van der Waals surface area contributed by atoms with E-state index in [9.17, 15) is 5.11 Å². The number of benzene rings is 1. The molecule has 1 aromatic heterocycles. The van der Waals surface area contributed by atoms with Crippen LogP contribution >= 0.6 is 0 Å². The van der Waals surface area contributed by atoms with Crippen LogP contribution in [0.2, 0.25) is 0 Å². The predicted molar refractivity (Wildman–Crippen MR) is 70.5 cm³/mol. The second kappa shape index (κ2) is 4.29. The monoisotopic (exact) mass is 242 g/mol. The summed E-state index contributed by atoms with van der Waals surface area (Å²) in [6.45, 7) is 4.23. The molecule has 1 aliphatic rings. The zero-order valence-corrected chi connectivity index (χ0v) is 10.8. The summed E-state index contributed by atoms with van der Waals surface area (Å²) in [5.74, 6) is 2.95. The maximum Gasteiger partial charge on any atom is 0.137 e. The first-order valence-corrected chi connectivity index (χ1v) is 6.50. The van der Waals surface area contributed by atoms with Crippen molar-refractivity contribution in [2.24, 2.45) is 5.92 Å². The largest absolute Gasteiger partial charge is 0.463 e. The van der Waals surface area contributed by atoms with Crippen LogP contribution in [0.4, 0.5) is 0 Å². The van der Waals surface area contributed by atoms with E-state index in [1.165, 1.54) is 6.42 Å². The highest BCUT2D eigenvalue weighted by atomic mass is 16.4. The van der Waals surface area contributed by atoms with Gasteiger partial charge in [-0.1, -0.05) is 31.2 Å². The Kier molecular flexibility index (Phi) is 2.75. The molecule has 1 aliphatic carbocycles. The molecule has 1 N–H and O–H groups in total. The van der Waals surface area contributed by atoms with E-state index in [-0.39, 0.29) is 0 Å². The maximum absolute atomic E-state index is 10.4. The van der Waals surface area contributed by atoms with Crippen LogP contribution in [0.1, 0.15) is 48.0 Å². The van der Waals surface area contributed by atoms with E-state index in [0.717, 1.165) is 22.8 Å². The lowest BCUT2D eigenvalue weighted by atomic mass is 10.0. The Morgan fingerprint density at radius 1 is 1.22 bits per heavy atom. The average molecular weight is 242 g/mol. The maximum atomic E-state index is 10.4. The second-order valence-corrected chi connectivity index (χ2v) is 5.32. The number of furan rings is 1. The summed E-state index contributed by atoms with van der Waals surface area (Å²) >= 11 is 0. The van der Waals surface area contributed by atoms with E-state index < -0.39 is 6.10 Å². The molecule has 2 heteroatoms. The van der Waals surface area contributed by atoms with Crippen molar-refractivity contribution in [2.75, 3.05) is 0 Å². The third-order valence-corrected chi connectivity index (χ3v) is 3.88. The van der Waals surface area contributed by atoms with Gasteiger partial charge in [-0.15, -0.1) is 0 Å². The molecule has 3 atom stereocenters. The molecule has 18 heavy (non-hydrogen) atoms. The minimum atomic E-state index is -0.658. The smallest absolute Gasteiger partial charge is 0.137 e. The molecule has 3 rings (SSSR count). The van der Waals surface area contributed by atoms with Crippen molar-refractivity contribution >= 4 is 0 Å². The van der Waals surface area contributed by atoms with Crippen LogP contribution in [0, 0.1) is 12.8 Å². The molecular weight excluding hydrogens is 224 g/mol. The van der Waals surface area contributed by atoms with Gasteiger partial charge in [0.25, 0.3) is 0 Å². The Morgan fingerprint density at radius 3 is 2.61 bits per heavy atom. The topological polar surface area (TPSA) is 33.4 Å². The molecule has 0 spiro atoms. The molecule has 0 amide bonds. The standard InChI is InChI=1S/C16H18O2/c1-10-5-3-4-6-12(10)16(17)15-8-7-14(18-15)13-9-11(13)2/h3-8,11,13,16-17H,9H2,1-2H3. The van der Waals surface area contributed by atoms with Crippen molar-refractivity contribution in [3.63, 3.8) is 0 Å². The van der Waals surface area contributed by atoms with Gasteiger partial charge in [0, 0.05) is 5.92 Å². The highest BCUT2D eigenvalue weighted by molar-refractivity contribution is 5.32. The summed E-state index contributed by atoms with van der Waals surface area (Å²) in [6.07, 6.45) is 0.543. The molecule has 3 unspecified atom stereocenters. The van der Waals surface area contributed by atoms with E-state index >= 15 is 0 Å². The van der Waals surface area contributed by atoms with Crippen LogP contribution in [0.25, 0.3) is 0 Å². The lowest BCUT2D eigenvalue weighted by Crippen LogP contribution is -2.00. The third-order valence-electron chi connectivity index (χ3n) is 3.88. The van der Waals surface area contributed by atoms with E-state index in [2.05, 4.69) is 6.92 Å². The Morgan fingerprint density at radius 2 is 1.94 bits per heavy atom. The molecule has 0 aliphatic heterocycles. The van der Waals surface area contributed by atoms with Crippen molar-refractivity contribution in [1.29, 1.82) is 0 Å². The third kappa shape index (κ3) is 1.97. The van der Waals surface area contributed by atoms with Gasteiger partial charge in [-0.3, -0.25) is 0 Å². The minimum absolute atomic E-state index is 0.558. The zero-order valence-electron chi connectivity index (χ0n) is 10.8. The van der Waals surface area contributed by atoms with E-state index in [1.54, 1.807) is 0 Å². The van der Waals surface area contributed by atoms with Crippen molar-refractivity contribution in [3.8, 4) is 0 Å². The van der Waals surface area contributed by atoms with Crippen molar-refractivity contribution in [1.82, 2.24) is 0 Å². The molecule has 1 saturated carbocycles. The fraction of sp³-hybridized carbons (Fsp3) is 0.375. The quantitative estimate of drug-likeness (QED) is 0.888. The Balaban J connectivity index is 1.86. The second-order valence-electron chi connectivity index (χ2n) is 5.32. The molecule has 1 aromatic carbocycles. The van der Waals surface area contributed by atoms with Gasteiger partial charge in [0.15, 0.2) is 0 Å². The number of aliphatic hydroxyl groups excluding tert-OH is 1. The predicted octanol–water partition coefficient (Wildman–Crippen LogP) is 3.79. The van der Waals surface area contributed by atoms with Gasteiger partial charge in [-0.25, -0.2) is 0 Å². The Bertz CT molecular complexity index is 556. The van der Waals surface area contributed by atoms with Gasteiger partial charge < -0.3 is 9.52 Å². The molecule has 2 nitrogen and oxygen atoms in total. The van der Waals surface area contributed by atoms with Gasteiger partial charge in [0.2, 0.25) is 0 Å². The van der Waals surface area contributed by atoms with Crippen LogP contribution in [0.5, 0.6) is 0 Å². The fourth-order valence-corrected chi connectivity index (χ4v) is 2.48. The first-order valence-electron chi connectivity index (χ1n) is 6.50. The molecule has 0 radical (unpaired) electrons. The zero-order chi connectivity index (χ0) is 12.7. The molecule has 2 aromatic rings. The summed E-state index contributed by atoms with van der Waals surface area (Å²) in [4.78, 5) is 0. The lowest BCUT2D eigenvalue weighted by molar-refractivity contribution is 0.186. The van der Waals surface area contributed by atoms with Crippen molar-refractivity contribution < 1.29 is 9.52 Å². The first kappa shape index (κ1) is 11.5. The summed E-state index contributed by atoms with van der Waals surface area (Å²) < 4.78 is 5.80. The summed E-state index contributed by atoms with van der Waals surface area (Å²) in [5, 5.41) is 10.4. The van der Waals surface area contributed by atoms with Gasteiger partial charge in [0.05, 0.1) is 0 Å². The normalized spacial score (nSPS) is 23.9. The highest BCUT2D eigenvalue weighted by Crippen LogP contribution is 2.47. The van der Waals surface area contributed by atoms with E-state index in [0.29, 0.717) is 11.7 Å². The molecule has 0 bridgehead atoms. The molecule has 1 heterocycles. The van der Waals surface area contributed by atoms with E-state index in [1.807, 2.05) is 43.3 Å². The van der Waals surface area contributed by atoms with Crippen molar-refractivity contribution in [3.05, 3.63) is 59.0 Å². The molecule has 1 fully saturated rings. The van der Waals surface area contributed by atoms with Crippen LogP contribution in [0.15, 0.2) is 40.8 Å².